The summed E-state index contributed by atoms with van der Waals surface area (Å²) in [6.45, 7) is 2.86. The van der Waals surface area contributed by atoms with Crippen LogP contribution in [0.1, 0.15) is 38.2 Å². The Labute approximate surface area is 178 Å². The van der Waals surface area contributed by atoms with Gasteiger partial charge in [-0.1, -0.05) is 38.0 Å². The molecule has 0 bridgehead atoms. The predicted molar refractivity (Wildman–Crippen MR) is 111 cm³/mol. The van der Waals surface area contributed by atoms with Crippen LogP contribution in [-0.4, -0.2) is 22.8 Å². The second kappa shape index (κ2) is 9.84. The largest absolute Gasteiger partial charge is 0.573 e. The molecule has 1 aromatic heterocycles. The zero-order chi connectivity index (χ0) is 22.4. The molecule has 2 N–H and O–H groups in total. The Morgan fingerprint density at radius 1 is 1.19 bits per heavy atom. The highest BCUT2D eigenvalue weighted by Crippen LogP contribution is 2.31. The van der Waals surface area contributed by atoms with E-state index in [1.165, 1.54) is 24.3 Å². The lowest BCUT2D eigenvalue weighted by atomic mass is 9.83. The number of halogens is 3. The molecule has 168 valence electrons. The number of anilines is 2. The molecule has 7 nitrogen and oxygen atoms in total. The van der Waals surface area contributed by atoms with Crippen LogP contribution in [0.3, 0.4) is 0 Å². The molecule has 0 amide bonds. The van der Waals surface area contributed by atoms with Gasteiger partial charge < -0.3 is 15.4 Å². The number of hydrogen-bond donors (Lipinski definition) is 2. The van der Waals surface area contributed by atoms with Crippen molar-refractivity contribution >= 4 is 17.2 Å². The van der Waals surface area contributed by atoms with Crippen LogP contribution in [0.25, 0.3) is 0 Å². The summed E-state index contributed by atoms with van der Waals surface area (Å²) in [4.78, 5) is 14.9. The smallest absolute Gasteiger partial charge is 0.405 e. The summed E-state index contributed by atoms with van der Waals surface area (Å²) >= 11 is 0. The second-order valence-electron chi connectivity index (χ2n) is 7.86. The lowest BCUT2D eigenvalue weighted by Gasteiger charge is -2.26. The summed E-state index contributed by atoms with van der Waals surface area (Å²) in [6, 6.07) is 7.29. The van der Waals surface area contributed by atoms with E-state index in [1.807, 2.05) is 0 Å². The Kier molecular flexibility index (Phi) is 7.19. The van der Waals surface area contributed by atoms with Gasteiger partial charge in [-0.3, -0.25) is 10.1 Å². The van der Waals surface area contributed by atoms with Crippen LogP contribution < -0.4 is 15.4 Å². The van der Waals surface area contributed by atoms with Crippen LogP contribution in [0, 0.1) is 22.0 Å². The van der Waals surface area contributed by atoms with Crippen LogP contribution >= 0.6 is 0 Å². The molecule has 2 aromatic rings. The maximum absolute atomic E-state index is 12.6. The van der Waals surface area contributed by atoms with E-state index in [-0.39, 0.29) is 23.5 Å². The first-order valence-electron chi connectivity index (χ1n) is 10.2. The van der Waals surface area contributed by atoms with Gasteiger partial charge in [0.2, 0.25) is 0 Å². The van der Waals surface area contributed by atoms with Crippen LogP contribution in [0.15, 0.2) is 36.5 Å². The molecule has 1 aromatic carbocycles. The molecule has 1 aliphatic carbocycles. The van der Waals surface area contributed by atoms with Gasteiger partial charge in [-0.15, -0.1) is 13.2 Å². The molecule has 3 rings (SSSR count). The quantitative estimate of drug-likeness (QED) is 0.404. The van der Waals surface area contributed by atoms with Gasteiger partial charge >= 0.3 is 12.0 Å². The van der Waals surface area contributed by atoms with E-state index >= 15 is 0 Å². The summed E-state index contributed by atoms with van der Waals surface area (Å²) < 4.78 is 41.8. The fourth-order valence-corrected chi connectivity index (χ4v) is 3.68. The minimum absolute atomic E-state index is 0.0109. The number of nitrogens with zero attached hydrogens (tertiary/aromatic N) is 2. The molecule has 0 saturated heterocycles. The molecule has 0 aliphatic heterocycles. The SMILES string of the molecule is CC1CCC(CNc2cc(NCc3ccccc3OC(F)(F)F)ncc2[N+](=O)[O-])CC1. The summed E-state index contributed by atoms with van der Waals surface area (Å²) in [7, 11) is 0. The molecule has 1 aliphatic rings. The number of aromatic nitrogens is 1. The highest BCUT2D eigenvalue weighted by atomic mass is 19.4. The van der Waals surface area contributed by atoms with Gasteiger partial charge in [0.15, 0.2) is 0 Å². The fraction of sp³-hybridized carbons (Fsp3) is 0.476. The van der Waals surface area contributed by atoms with Crippen molar-refractivity contribution in [3.05, 3.63) is 52.2 Å². The van der Waals surface area contributed by atoms with Crippen molar-refractivity contribution in [1.82, 2.24) is 4.98 Å². The number of rotatable bonds is 8. The number of pyridine rings is 1. The van der Waals surface area contributed by atoms with Gasteiger partial charge in [0.25, 0.3) is 0 Å². The van der Waals surface area contributed by atoms with Crippen molar-refractivity contribution in [1.29, 1.82) is 0 Å². The number of hydrogen-bond acceptors (Lipinski definition) is 6. The average Bonchev–Trinajstić information content (AvgIpc) is 2.71. The van der Waals surface area contributed by atoms with Crippen molar-refractivity contribution < 1.29 is 22.8 Å². The van der Waals surface area contributed by atoms with E-state index < -0.39 is 11.3 Å². The molecular weight excluding hydrogens is 413 g/mol. The van der Waals surface area contributed by atoms with Crippen LogP contribution in [0.2, 0.25) is 0 Å². The Morgan fingerprint density at radius 2 is 1.90 bits per heavy atom. The number of nitrogens with one attached hydrogen (secondary N) is 2. The van der Waals surface area contributed by atoms with Crippen molar-refractivity contribution in [3.8, 4) is 5.75 Å². The summed E-state index contributed by atoms with van der Waals surface area (Å²) in [6.07, 6.45) is 0.803. The van der Waals surface area contributed by atoms with Gasteiger partial charge in [-0.2, -0.15) is 0 Å². The molecule has 0 unspecified atom stereocenters. The van der Waals surface area contributed by atoms with Crippen molar-refractivity contribution in [2.75, 3.05) is 17.2 Å². The van der Waals surface area contributed by atoms with E-state index in [0.717, 1.165) is 31.9 Å². The number of benzene rings is 1. The van der Waals surface area contributed by atoms with Crippen molar-refractivity contribution in [2.24, 2.45) is 11.8 Å². The lowest BCUT2D eigenvalue weighted by molar-refractivity contribution is -0.384. The van der Waals surface area contributed by atoms with Crippen molar-refractivity contribution in [3.63, 3.8) is 0 Å². The number of nitro groups is 1. The van der Waals surface area contributed by atoms with E-state index in [0.29, 0.717) is 29.9 Å². The third kappa shape index (κ3) is 6.73. The maximum atomic E-state index is 12.6. The minimum Gasteiger partial charge on any atom is -0.405 e. The fourth-order valence-electron chi connectivity index (χ4n) is 3.68. The van der Waals surface area contributed by atoms with E-state index in [4.69, 9.17) is 0 Å². The van der Waals surface area contributed by atoms with Gasteiger partial charge in [-0.05, 0) is 30.7 Å². The highest BCUT2D eigenvalue weighted by Gasteiger charge is 2.32. The maximum Gasteiger partial charge on any atom is 0.573 e. The van der Waals surface area contributed by atoms with E-state index in [1.54, 1.807) is 6.07 Å². The normalized spacial score (nSPS) is 19.0. The van der Waals surface area contributed by atoms with Gasteiger partial charge in [-0.25, -0.2) is 4.98 Å². The van der Waals surface area contributed by atoms with Crippen molar-refractivity contribution in [2.45, 2.75) is 45.5 Å². The standard InChI is InChI=1S/C21H25F3N4O3/c1-14-6-8-15(9-7-14)11-25-17-10-20(27-13-18(17)28(29)30)26-12-16-4-2-3-5-19(16)31-21(22,23)24/h2-5,10,13-15H,6-9,11-12H2,1H3,(H2,25,26,27). The van der Waals surface area contributed by atoms with Crippen LogP contribution in [-0.2, 0) is 6.54 Å². The Balaban J connectivity index is 1.68. The topological polar surface area (TPSA) is 89.3 Å². The van der Waals surface area contributed by atoms with Crippen LogP contribution in [0.5, 0.6) is 5.75 Å². The number of ether oxygens (including phenoxy) is 1. The molecule has 1 fully saturated rings. The first-order valence-corrected chi connectivity index (χ1v) is 10.2. The number of para-hydroxylation sites is 1. The minimum atomic E-state index is -4.80. The monoisotopic (exact) mass is 438 g/mol. The van der Waals surface area contributed by atoms with Crippen LogP contribution in [0.4, 0.5) is 30.4 Å². The third-order valence-electron chi connectivity index (χ3n) is 5.45. The highest BCUT2D eigenvalue weighted by molar-refractivity contribution is 5.65. The summed E-state index contributed by atoms with van der Waals surface area (Å²) in [5, 5.41) is 17.4. The number of alkyl halides is 3. The molecule has 31 heavy (non-hydrogen) atoms. The second-order valence-corrected chi connectivity index (χ2v) is 7.86. The van der Waals surface area contributed by atoms with Gasteiger partial charge in [0.1, 0.15) is 23.5 Å². The van der Waals surface area contributed by atoms with E-state index in [2.05, 4.69) is 27.3 Å². The Hall–Kier alpha value is -3.04. The Bertz CT molecular complexity index is 900. The molecule has 1 heterocycles. The molecule has 0 spiro atoms. The first-order chi connectivity index (χ1) is 14.7. The first kappa shape index (κ1) is 22.6. The molecule has 0 atom stereocenters. The zero-order valence-corrected chi connectivity index (χ0v) is 17.1. The molecule has 10 heteroatoms. The zero-order valence-electron chi connectivity index (χ0n) is 17.1. The van der Waals surface area contributed by atoms with E-state index in [9.17, 15) is 23.3 Å². The molecule has 1 saturated carbocycles. The summed E-state index contributed by atoms with van der Waals surface area (Å²) in [5.74, 6) is 1.17. The lowest BCUT2D eigenvalue weighted by Crippen LogP contribution is -2.20. The molecule has 0 radical (unpaired) electrons. The molecular formula is C21H25F3N4O3. The Morgan fingerprint density at radius 3 is 2.58 bits per heavy atom. The summed E-state index contributed by atoms with van der Waals surface area (Å²) in [5.41, 5.74) is 0.474. The average molecular weight is 438 g/mol. The predicted octanol–water partition coefficient (Wildman–Crippen LogP) is 5.74. The van der Waals surface area contributed by atoms with Gasteiger partial charge in [0.05, 0.1) is 4.92 Å². The third-order valence-corrected chi connectivity index (χ3v) is 5.45. The van der Waals surface area contributed by atoms with Gasteiger partial charge in [0, 0.05) is 24.7 Å².